The van der Waals surface area contributed by atoms with E-state index in [0.29, 0.717) is 11.3 Å². The highest BCUT2D eigenvalue weighted by Crippen LogP contribution is 2.19. The third-order valence-corrected chi connectivity index (χ3v) is 1.81. The number of hydrogen-bond acceptors (Lipinski definition) is 4. The third-order valence-electron chi connectivity index (χ3n) is 1.81. The summed E-state index contributed by atoms with van der Waals surface area (Å²) in [4.78, 5) is 20.7. The lowest BCUT2D eigenvalue weighted by Gasteiger charge is -2.04. The molecule has 0 atom stereocenters. The van der Waals surface area contributed by atoms with Gasteiger partial charge >= 0.3 is 5.97 Å². The van der Waals surface area contributed by atoms with E-state index >= 15 is 0 Å². The molecule has 16 heavy (non-hydrogen) atoms. The van der Waals surface area contributed by atoms with Gasteiger partial charge in [0.25, 0.3) is 0 Å². The predicted molar refractivity (Wildman–Crippen MR) is 58.4 cm³/mol. The summed E-state index contributed by atoms with van der Waals surface area (Å²) in [7, 11) is 0. The Balaban J connectivity index is 2.91. The Kier molecular flexibility index (Phi) is 4.20. The van der Waals surface area contributed by atoms with Crippen LogP contribution in [0.5, 0.6) is 5.75 Å². The monoisotopic (exact) mass is 221 g/mol. The van der Waals surface area contributed by atoms with Crippen molar-refractivity contribution >= 4 is 12.0 Å². The number of nitro groups is 1. The van der Waals surface area contributed by atoms with E-state index in [0.717, 1.165) is 6.20 Å². The van der Waals surface area contributed by atoms with Gasteiger partial charge in [0.2, 0.25) is 6.20 Å². The molecule has 0 aromatic heterocycles. The van der Waals surface area contributed by atoms with E-state index in [1.165, 1.54) is 6.08 Å². The van der Waals surface area contributed by atoms with Crippen LogP contribution in [0.3, 0.4) is 0 Å². The van der Waals surface area contributed by atoms with Crippen LogP contribution in [0.1, 0.15) is 18.9 Å². The van der Waals surface area contributed by atoms with Crippen LogP contribution >= 0.6 is 0 Å². The summed E-state index contributed by atoms with van der Waals surface area (Å²) >= 11 is 0. The minimum atomic E-state index is -0.571. The molecule has 0 N–H and O–H groups in total. The molecule has 0 amide bonds. The Morgan fingerprint density at radius 3 is 2.81 bits per heavy atom. The number of benzene rings is 1. The number of hydrogen-bond donors (Lipinski definition) is 0. The van der Waals surface area contributed by atoms with Gasteiger partial charge in [0.05, 0.1) is 4.92 Å². The highest BCUT2D eigenvalue weighted by atomic mass is 16.6. The summed E-state index contributed by atoms with van der Waals surface area (Å²) in [6, 6.07) is 6.64. The molecule has 0 saturated heterocycles. The molecule has 0 bridgehead atoms. The maximum absolute atomic E-state index is 11.1. The Morgan fingerprint density at radius 1 is 1.50 bits per heavy atom. The zero-order valence-electron chi connectivity index (χ0n) is 8.75. The average molecular weight is 221 g/mol. The van der Waals surface area contributed by atoms with E-state index in [1.807, 2.05) is 0 Å². The van der Waals surface area contributed by atoms with E-state index in [1.54, 1.807) is 31.2 Å². The molecule has 0 aliphatic rings. The SMILES string of the molecule is CCC(=O)Oc1ccccc1C=C[N+](=O)[O-]. The molecule has 0 aliphatic heterocycles. The van der Waals surface area contributed by atoms with Gasteiger partial charge < -0.3 is 4.74 Å². The van der Waals surface area contributed by atoms with Crippen molar-refractivity contribution in [2.45, 2.75) is 13.3 Å². The van der Waals surface area contributed by atoms with Gasteiger partial charge in [0.1, 0.15) is 5.75 Å². The Morgan fingerprint density at radius 2 is 2.19 bits per heavy atom. The largest absolute Gasteiger partial charge is 0.426 e. The van der Waals surface area contributed by atoms with Crippen LogP contribution in [0.25, 0.3) is 6.08 Å². The highest BCUT2D eigenvalue weighted by Gasteiger charge is 2.05. The number of carbonyl (C=O) groups is 1. The molecule has 1 aromatic carbocycles. The van der Waals surface area contributed by atoms with Crippen molar-refractivity contribution in [1.82, 2.24) is 0 Å². The van der Waals surface area contributed by atoms with Crippen LogP contribution in [0.15, 0.2) is 30.5 Å². The van der Waals surface area contributed by atoms with E-state index < -0.39 is 4.92 Å². The van der Waals surface area contributed by atoms with Gasteiger partial charge in [-0.25, -0.2) is 0 Å². The van der Waals surface area contributed by atoms with Crippen LogP contribution < -0.4 is 4.74 Å². The lowest BCUT2D eigenvalue weighted by atomic mass is 10.2. The lowest BCUT2D eigenvalue weighted by molar-refractivity contribution is -0.400. The summed E-state index contributed by atoms with van der Waals surface area (Å²) in [6.45, 7) is 1.68. The first-order valence-electron chi connectivity index (χ1n) is 4.75. The predicted octanol–water partition coefficient (Wildman–Crippen LogP) is 2.25. The van der Waals surface area contributed by atoms with Gasteiger partial charge in [-0.05, 0) is 6.07 Å². The van der Waals surface area contributed by atoms with E-state index in [4.69, 9.17) is 4.74 Å². The van der Waals surface area contributed by atoms with Gasteiger partial charge in [-0.3, -0.25) is 14.9 Å². The van der Waals surface area contributed by atoms with E-state index in [2.05, 4.69) is 0 Å². The van der Waals surface area contributed by atoms with Gasteiger partial charge in [-0.15, -0.1) is 0 Å². The standard InChI is InChI=1S/C11H11NO4/c1-2-11(13)16-10-6-4-3-5-9(10)7-8-12(14)15/h3-8H,2H2,1H3. The first kappa shape index (κ1) is 11.9. The second-order valence-electron chi connectivity index (χ2n) is 2.97. The van der Waals surface area contributed by atoms with Crippen LogP contribution in [0, 0.1) is 10.1 Å². The lowest BCUT2D eigenvalue weighted by Crippen LogP contribution is -2.06. The number of carbonyl (C=O) groups excluding carboxylic acids is 1. The van der Waals surface area contributed by atoms with Gasteiger partial charge in [0.15, 0.2) is 0 Å². The first-order chi connectivity index (χ1) is 7.63. The van der Waals surface area contributed by atoms with Crippen molar-refractivity contribution in [3.8, 4) is 5.75 Å². The maximum atomic E-state index is 11.1. The minimum absolute atomic E-state index is 0.257. The summed E-state index contributed by atoms with van der Waals surface area (Å²) in [5, 5.41) is 10.2. The molecule has 0 spiro atoms. The van der Waals surface area contributed by atoms with Crippen molar-refractivity contribution in [2.24, 2.45) is 0 Å². The molecule has 0 unspecified atom stereocenters. The molecule has 1 aromatic rings. The zero-order chi connectivity index (χ0) is 12.0. The van der Waals surface area contributed by atoms with E-state index in [-0.39, 0.29) is 12.4 Å². The normalized spacial score (nSPS) is 10.3. The highest BCUT2D eigenvalue weighted by molar-refractivity contribution is 5.73. The fourth-order valence-corrected chi connectivity index (χ4v) is 1.05. The first-order valence-corrected chi connectivity index (χ1v) is 4.75. The van der Waals surface area contributed by atoms with Crippen molar-refractivity contribution in [3.63, 3.8) is 0 Å². The molecule has 84 valence electrons. The second-order valence-corrected chi connectivity index (χ2v) is 2.97. The topological polar surface area (TPSA) is 69.4 Å². The fraction of sp³-hybridized carbons (Fsp3) is 0.182. The summed E-state index contributed by atoms with van der Waals surface area (Å²) in [5.74, 6) is -0.0468. The third kappa shape index (κ3) is 3.53. The van der Waals surface area contributed by atoms with E-state index in [9.17, 15) is 14.9 Å². The number of ether oxygens (including phenoxy) is 1. The van der Waals surface area contributed by atoms with Gasteiger partial charge in [-0.1, -0.05) is 25.1 Å². The number of nitrogens with zero attached hydrogens (tertiary/aromatic N) is 1. The van der Waals surface area contributed by atoms with Crippen molar-refractivity contribution < 1.29 is 14.5 Å². The van der Waals surface area contributed by atoms with Gasteiger partial charge in [0, 0.05) is 18.1 Å². The second kappa shape index (κ2) is 5.65. The molecular formula is C11H11NO4. The van der Waals surface area contributed by atoms with Crippen LogP contribution in [0.2, 0.25) is 0 Å². The Labute approximate surface area is 92.5 Å². The molecule has 0 aliphatic carbocycles. The van der Waals surface area contributed by atoms with Crippen LogP contribution in [-0.2, 0) is 4.79 Å². The van der Waals surface area contributed by atoms with Gasteiger partial charge in [-0.2, -0.15) is 0 Å². The minimum Gasteiger partial charge on any atom is -0.426 e. The average Bonchev–Trinajstić information content (AvgIpc) is 2.27. The summed E-state index contributed by atoms with van der Waals surface area (Å²) < 4.78 is 5.01. The summed E-state index contributed by atoms with van der Waals surface area (Å²) in [6.07, 6.45) is 2.35. The number of esters is 1. The summed E-state index contributed by atoms with van der Waals surface area (Å²) in [5.41, 5.74) is 0.501. The quantitative estimate of drug-likeness (QED) is 0.338. The molecule has 5 nitrogen and oxygen atoms in total. The van der Waals surface area contributed by atoms with Crippen LogP contribution in [-0.4, -0.2) is 10.9 Å². The smallest absolute Gasteiger partial charge is 0.310 e. The number of rotatable bonds is 4. The molecular weight excluding hydrogens is 210 g/mol. The maximum Gasteiger partial charge on any atom is 0.310 e. The molecule has 5 heteroatoms. The zero-order valence-corrected chi connectivity index (χ0v) is 8.75. The van der Waals surface area contributed by atoms with Crippen molar-refractivity contribution in [3.05, 3.63) is 46.1 Å². The molecule has 0 saturated carbocycles. The Hall–Kier alpha value is -2.17. The molecule has 0 heterocycles. The number of para-hydroxylation sites is 1. The molecule has 1 rings (SSSR count). The Bertz CT molecular complexity index is 426. The van der Waals surface area contributed by atoms with Crippen molar-refractivity contribution in [1.29, 1.82) is 0 Å². The van der Waals surface area contributed by atoms with Crippen LogP contribution in [0.4, 0.5) is 0 Å². The fourth-order valence-electron chi connectivity index (χ4n) is 1.05. The van der Waals surface area contributed by atoms with Crippen molar-refractivity contribution in [2.75, 3.05) is 0 Å². The molecule has 0 radical (unpaired) electrons. The molecule has 0 fully saturated rings.